The van der Waals surface area contributed by atoms with E-state index in [9.17, 15) is 9.59 Å². The van der Waals surface area contributed by atoms with Crippen LogP contribution in [0, 0.1) is 5.92 Å². The van der Waals surface area contributed by atoms with Gasteiger partial charge in [0.05, 0.1) is 4.88 Å². The Balaban J connectivity index is 1.96. The van der Waals surface area contributed by atoms with E-state index in [1.54, 1.807) is 0 Å². The number of amides is 1. The van der Waals surface area contributed by atoms with Gasteiger partial charge in [-0.3, -0.25) is 9.59 Å². The monoisotopic (exact) mass is 306 g/mol. The normalized spacial score (nSPS) is 10.8. The molecule has 0 bridgehead atoms. The molecule has 2 N–H and O–H groups in total. The highest BCUT2D eigenvalue weighted by Crippen LogP contribution is 2.18. The van der Waals surface area contributed by atoms with Crippen molar-refractivity contribution in [3.63, 3.8) is 0 Å². The Morgan fingerprint density at radius 3 is 2.86 bits per heavy atom. The predicted molar refractivity (Wildman–Crippen MR) is 82.1 cm³/mol. The SMILES string of the molecule is CC(C)CNC(=O)CCc1nnc(-c2cccs2)[nH]c1=O. The summed E-state index contributed by atoms with van der Waals surface area (Å²) in [6, 6.07) is 3.75. The molecule has 0 unspecified atom stereocenters. The van der Waals surface area contributed by atoms with Gasteiger partial charge in [-0.25, -0.2) is 0 Å². The van der Waals surface area contributed by atoms with E-state index in [4.69, 9.17) is 0 Å². The Hall–Kier alpha value is -2.02. The minimum atomic E-state index is -0.287. The molecule has 0 saturated heterocycles. The molecule has 0 atom stereocenters. The number of aromatic nitrogens is 3. The van der Waals surface area contributed by atoms with Crippen LogP contribution in [0.5, 0.6) is 0 Å². The molecule has 2 aromatic heterocycles. The molecule has 0 aromatic carbocycles. The van der Waals surface area contributed by atoms with E-state index in [-0.39, 0.29) is 30.0 Å². The van der Waals surface area contributed by atoms with Crippen LogP contribution in [0.4, 0.5) is 0 Å². The topological polar surface area (TPSA) is 87.7 Å². The lowest BCUT2D eigenvalue weighted by Crippen LogP contribution is -2.28. The number of H-pyrrole nitrogens is 1. The Bertz CT molecular complexity index is 649. The van der Waals surface area contributed by atoms with E-state index in [2.05, 4.69) is 20.5 Å². The van der Waals surface area contributed by atoms with E-state index < -0.39 is 0 Å². The van der Waals surface area contributed by atoms with Gasteiger partial charge in [0.25, 0.3) is 5.56 Å². The average molecular weight is 306 g/mol. The van der Waals surface area contributed by atoms with E-state index in [0.717, 1.165) is 4.88 Å². The molecule has 112 valence electrons. The highest BCUT2D eigenvalue weighted by molar-refractivity contribution is 7.13. The third-order valence-corrected chi connectivity index (χ3v) is 3.69. The largest absolute Gasteiger partial charge is 0.356 e. The van der Waals surface area contributed by atoms with Crippen LogP contribution in [0.15, 0.2) is 22.3 Å². The Morgan fingerprint density at radius 2 is 2.24 bits per heavy atom. The fourth-order valence-corrected chi connectivity index (χ4v) is 2.35. The first kappa shape index (κ1) is 15.4. The number of nitrogens with one attached hydrogen (secondary N) is 2. The molecule has 0 saturated carbocycles. The Morgan fingerprint density at radius 1 is 1.43 bits per heavy atom. The number of aryl methyl sites for hydroxylation is 1. The summed E-state index contributed by atoms with van der Waals surface area (Å²) in [5.74, 6) is 0.789. The number of hydrogen-bond donors (Lipinski definition) is 2. The molecular formula is C14H18N4O2S. The molecule has 0 aliphatic heterocycles. The maximum Gasteiger partial charge on any atom is 0.273 e. The summed E-state index contributed by atoms with van der Waals surface area (Å²) in [6.45, 7) is 4.69. The van der Waals surface area contributed by atoms with Crippen molar-refractivity contribution in [3.8, 4) is 10.7 Å². The molecular weight excluding hydrogens is 288 g/mol. The lowest BCUT2D eigenvalue weighted by molar-refractivity contribution is -0.121. The summed E-state index contributed by atoms with van der Waals surface area (Å²) in [4.78, 5) is 27.1. The highest BCUT2D eigenvalue weighted by Gasteiger charge is 2.10. The molecule has 2 rings (SSSR count). The van der Waals surface area contributed by atoms with Crippen LogP contribution >= 0.6 is 11.3 Å². The van der Waals surface area contributed by atoms with Crippen molar-refractivity contribution >= 4 is 17.2 Å². The molecule has 21 heavy (non-hydrogen) atoms. The lowest BCUT2D eigenvalue weighted by Gasteiger charge is -2.06. The van der Waals surface area contributed by atoms with Gasteiger partial charge in [-0.15, -0.1) is 21.5 Å². The van der Waals surface area contributed by atoms with Gasteiger partial charge in [-0.1, -0.05) is 19.9 Å². The first-order chi connectivity index (χ1) is 10.1. The molecule has 1 amide bonds. The van der Waals surface area contributed by atoms with Crippen LogP contribution in [0.25, 0.3) is 10.7 Å². The zero-order chi connectivity index (χ0) is 15.2. The van der Waals surface area contributed by atoms with Crippen molar-refractivity contribution in [2.75, 3.05) is 6.54 Å². The predicted octanol–water partition coefficient (Wildman–Crippen LogP) is 1.60. The number of aromatic amines is 1. The fourth-order valence-electron chi connectivity index (χ4n) is 1.69. The molecule has 7 heteroatoms. The van der Waals surface area contributed by atoms with Gasteiger partial charge < -0.3 is 10.3 Å². The van der Waals surface area contributed by atoms with Crippen LogP contribution in [0.1, 0.15) is 26.0 Å². The van der Waals surface area contributed by atoms with Crippen LogP contribution in [-0.2, 0) is 11.2 Å². The number of thiophene rings is 1. The van der Waals surface area contributed by atoms with E-state index >= 15 is 0 Å². The van der Waals surface area contributed by atoms with Crippen molar-refractivity contribution < 1.29 is 4.79 Å². The standard InChI is InChI=1S/C14H18N4O2S/c1-9(2)8-15-12(19)6-5-10-14(20)16-13(18-17-10)11-4-3-7-21-11/h3-4,7,9H,5-6,8H2,1-2H3,(H,15,19)(H,16,18,20). The average Bonchev–Trinajstić information content (AvgIpc) is 2.97. The van der Waals surface area contributed by atoms with Gasteiger partial charge in [-0.05, 0) is 17.4 Å². The number of hydrogen-bond acceptors (Lipinski definition) is 5. The van der Waals surface area contributed by atoms with Gasteiger partial charge in [-0.2, -0.15) is 0 Å². The number of carbonyl (C=O) groups excluding carboxylic acids is 1. The summed E-state index contributed by atoms with van der Waals surface area (Å²) in [5.41, 5.74) is 0.0000580. The lowest BCUT2D eigenvalue weighted by atomic mass is 10.2. The minimum Gasteiger partial charge on any atom is -0.356 e. The Labute approximate surface area is 126 Å². The van der Waals surface area contributed by atoms with Gasteiger partial charge >= 0.3 is 0 Å². The highest BCUT2D eigenvalue weighted by atomic mass is 32.1. The molecule has 0 spiro atoms. The maximum atomic E-state index is 11.9. The zero-order valence-corrected chi connectivity index (χ0v) is 12.9. The first-order valence-electron chi connectivity index (χ1n) is 6.82. The summed E-state index contributed by atoms with van der Waals surface area (Å²) < 4.78 is 0. The molecule has 0 aliphatic carbocycles. The van der Waals surface area contributed by atoms with Crippen LogP contribution in [0.3, 0.4) is 0 Å². The van der Waals surface area contributed by atoms with Gasteiger partial charge in [0, 0.05) is 19.4 Å². The van der Waals surface area contributed by atoms with Gasteiger partial charge in [0.2, 0.25) is 5.91 Å². The van der Waals surface area contributed by atoms with Crippen LogP contribution in [0.2, 0.25) is 0 Å². The number of rotatable bonds is 6. The van der Waals surface area contributed by atoms with Gasteiger partial charge in [0.1, 0.15) is 5.69 Å². The molecule has 2 heterocycles. The zero-order valence-electron chi connectivity index (χ0n) is 12.0. The van der Waals surface area contributed by atoms with Crippen LogP contribution < -0.4 is 10.9 Å². The number of nitrogens with zero attached hydrogens (tertiary/aromatic N) is 2. The second-order valence-electron chi connectivity index (χ2n) is 5.12. The summed E-state index contributed by atoms with van der Waals surface area (Å²) >= 11 is 1.48. The van der Waals surface area contributed by atoms with Crippen molar-refractivity contribution in [1.82, 2.24) is 20.5 Å². The van der Waals surface area contributed by atoms with Crippen molar-refractivity contribution in [2.24, 2.45) is 5.92 Å². The third kappa shape index (κ3) is 4.49. The quantitative estimate of drug-likeness (QED) is 0.848. The van der Waals surface area contributed by atoms with Gasteiger partial charge in [0.15, 0.2) is 5.82 Å². The maximum absolute atomic E-state index is 11.9. The summed E-state index contributed by atoms with van der Waals surface area (Å²) in [7, 11) is 0. The summed E-state index contributed by atoms with van der Waals surface area (Å²) in [5, 5.41) is 12.7. The minimum absolute atomic E-state index is 0.0766. The third-order valence-electron chi connectivity index (χ3n) is 2.82. The van der Waals surface area contributed by atoms with Crippen molar-refractivity contribution in [2.45, 2.75) is 26.7 Å². The molecule has 0 radical (unpaired) electrons. The van der Waals surface area contributed by atoms with E-state index in [1.165, 1.54) is 11.3 Å². The van der Waals surface area contributed by atoms with E-state index in [1.807, 2.05) is 31.4 Å². The Kier molecular flexibility index (Phi) is 5.21. The number of carbonyl (C=O) groups is 1. The van der Waals surface area contributed by atoms with Crippen LogP contribution in [-0.4, -0.2) is 27.6 Å². The van der Waals surface area contributed by atoms with Crippen molar-refractivity contribution in [3.05, 3.63) is 33.6 Å². The fraction of sp³-hybridized carbons (Fsp3) is 0.429. The molecule has 6 nitrogen and oxygen atoms in total. The molecule has 2 aromatic rings. The van der Waals surface area contributed by atoms with Crippen molar-refractivity contribution in [1.29, 1.82) is 0 Å². The molecule has 0 aliphatic rings. The smallest absolute Gasteiger partial charge is 0.273 e. The van der Waals surface area contributed by atoms with E-state index in [0.29, 0.717) is 18.3 Å². The first-order valence-corrected chi connectivity index (χ1v) is 7.70. The summed E-state index contributed by atoms with van der Waals surface area (Å²) in [6.07, 6.45) is 0.528. The second kappa shape index (κ2) is 7.12. The molecule has 0 fully saturated rings. The second-order valence-corrected chi connectivity index (χ2v) is 6.07.